The van der Waals surface area contributed by atoms with Crippen molar-refractivity contribution in [2.75, 3.05) is 0 Å². The molecule has 0 aliphatic rings. The molecule has 2 N–H and O–H groups in total. The number of rotatable bonds is 7. The van der Waals surface area contributed by atoms with Crippen LogP contribution in [-0.2, 0) is 11.2 Å². The highest BCUT2D eigenvalue weighted by atomic mass is 32.1. The maximum Gasteiger partial charge on any atom is 0.316 e. The molecule has 1 aromatic carbocycles. The molecule has 0 saturated carbocycles. The Kier molecular flexibility index (Phi) is 5.91. The van der Waals surface area contributed by atoms with E-state index in [4.69, 9.17) is 10.2 Å². The van der Waals surface area contributed by atoms with E-state index in [1.807, 2.05) is 12.1 Å². The van der Waals surface area contributed by atoms with Crippen LogP contribution in [0.4, 0.5) is 0 Å². The molecule has 1 atom stereocenters. The van der Waals surface area contributed by atoms with E-state index in [1.54, 1.807) is 12.1 Å². The molecule has 1 aromatic rings. The third-order valence-corrected chi connectivity index (χ3v) is 3.14. The first-order chi connectivity index (χ1) is 8.09. The minimum atomic E-state index is -0.841. The predicted molar refractivity (Wildman–Crippen MR) is 70.7 cm³/mol. The van der Waals surface area contributed by atoms with Crippen molar-refractivity contribution in [2.45, 2.75) is 37.4 Å². The van der Waals surface area contributed by atoms with Gasteiger partial charge in [-0.15, -0.1) is 0 Å². The van der Waals surface area contributed by atoms with Crippen molar-refractivity contribution in [3.63, 3.8) is 0 Å². The topological polar surface area (TPSA) is 57.5 Å². The Morgan fingerprint density at radius 3 is 2.41 bits per heavy atom. The summed E-state index contributed by atoms with van der Waals surface area (Å²) >= 11 is 3.98. The van der Waals surface area contributed by atoms with Crippen LogP contribution in [-0.4, -0.2) is 21.4 Å². The number of benzene rings is 1. The predicted octanol–water partition coefficient (Wildman–Crippen LogP) is 2.88. The summed E-state index contributed by atoms with van der Waals surface area (Å²) in [6.07, 6.45) is 4.51. The number of hydrogen-bond acceptors (Lipinski definition) is 3. The number of thiol groups is 1. The molecule has 0 aromatic heterocycles. The molecule has 0 amide bonds. The van der Waals surface area contributed by atoms with Crippen LogP contribution in [0.2, 0.25) is 0 Å². The summed E-state index contributed by atoms with van der Waals surface area (Å²) in [7, 11) is 0. The summed E-state index contributed by atoms with van der Waals surface area (Å²) in [4.78, 5) is 10.5. The minimum Gasteiger partial charge on any atom is -0.508 e. The average Bonchev–Trinajstić information content (AvgIpc) is 2.30. The molecule has 0 bridgehead atoms. The van der Waals surface area contributed by atoms with Crippen LogP contribution in [0.25, 0.3) is 0 Å². The lowest BCUT2D eigenvalue weighted by Gasteiger charge is -2.05. The molecule has 17 heavy (non-hydrogen) atoms. The third-order valence-electron chi connectivity index (χ3n) is 2.66. The van der Waals surface area contributed by atoms with Crippen LogP contribution in [0, 0.1) is 0 Å². The van der Waals surface area contributed by atoms with Gasteiger partial charge in [0.15, 0.2) is 0 Å². The quantitative estimate of drug-likeness (QED) is 0.518. The van der Waals surface area contributed by atoms with Gasteiger partial charge in [0.25, 0.3) is 0 Å². The van der Waals surface area contributed by atoms with Gasteiger partial charge >= 0.3 is 5.97 Å². The minimum absolute atomic E-state index is 0.285. The van der Waals surface area contributed by atoms with Crippen LogP contribution in [0.1, 0.15) is 31.2 Å². The van der Waals surface area contributed by atoms with Gasteiger partial charge in [-0.1, -0.05) is 25.0 Å². The summed E-state index contributed by atoms with van der Waals surface area (Å²) in [5.74, 6) is -0.556. The normalized spacial score (nSPS) is 12.3. The van der Waals surface area contributed by atoms with E-state index >= 15 is 0 Å². The summed E-state index contributed by atoms with van der Waals surface area (Å²) in [6.45, 7) is 0. The van der Waals surface area contributed by atoms with Crippen LogP contribution in [0.3, 0.4) is 0 Å². The number of unbranched alkanes of at least 4 members (excludes halogenated alkanes) is 2. The number of hydrogen-bond donors (Lipinski definition) is 3. The fourth-order valence-electron chi connectivity index (χ4n) is 1.63. The Morgan fingerprint density at radius 1 is 1.18 bits per heavy atom. The van der Waals surface area contributed by atoms with Gasteiger partial charge in [-0.25, -0.2) is 0 Å². The number of phenols is 1. The Labute approximate surface area is 107 Å². The largest absolute Gasteiger partial charge is 0.508 e. The van der Waals surface area contributed by atoms with Gasteiger partial charge in [-0.05, 0) is 37.0 Å². The van der Waals surface area contributed by atoms with Crippen molar-refractivity contribution >= 4 is 18.6 Å². The molecule has 0 heterocycles. The fourth-order valence-corrected chi connectivity index (χ4v) is 1.81. The van der Waals surface area contributed by atoms with Crippen LogP contribution in [0.5, 0.6) is 5.75 Å². The van der Waals surface area contributed by atoms with Crippen molar-refractivity contribution < 1.29 is 15.0 Å². The zero-order valence-corrected chi connectivity index (χ0v) is 10.6. The molecule has 4 heteroatoms. The molecule has 94 valence electrons. The number of aromatic hydroxyl groups is 1. The molecule has 0 spiro atoms. The van der Waals surface area contributed by atoms with E-state index in [1.165, 1.54) is 5.56 Å². The standard InChI is InChI=1S/C13H18O3S/c14-11-8-6-10(7-9-11)4-2-1-3-5-12(17)13(15)16/h6-9,12,14,17H,1-5H2,(H,15,16). The van der Waals surface area contributed by atoms with E-state index in [-0.39, 0.29) is 5.75 Å². The Hall–Kier alpha value is -1.16. The van der Waals surface area contributed by atoms with Gasteiger partial charge in [-0.2, -0.15) is 12.6 Å². The first-order valence-electron chi connectivity index (χ1n) is 5.78. The second-order valence-corrected chi connectivity index (χ2v) is 4.74. The maximum absolute atomic E-state index is 10.5. The maximum atomic E-state index is 10.5. The Morgan fingerprint density at radius 2 is 1.82 bits per heavy atom. The summed E-state index contributed by atoms with van der Waals surface area (Å²) < 4.78 is 0. The number of carboxylic acids is 1. The van der Waals surface area contributed by atoms with Crippen molar-refractivity contribution in [3.8, 4) is 5.75 Å². The summed E-state index contributed by atoms with van der Waals surface area (Å²) in [5, 5.41) is 17.2. The van der Waals surface area contributed by atoms with Crippen LogP contribution >= 0.6 is 12.6 Å². The smallest absolute Gasteiger partial charge is 0.316 e. The van der Waals surface area contributed by atoms with Crippen molar-refractivity contribution in [3.05, 3.63) is 29.8 Å². The molecule has 1 unspecified atom stereocenters. The number of carboxylic acid groups (broad SMARTS) is 1. The van der Waals surface area contributed by atoms with Gasteiger partial charge in [0, 0.05) is 0 Å². The second-order valence-electron chi connectivity index (χ2n) is 4.12. The molecule has 0 saturated heterocycles. The molecular formula is C13H18O3S. The highest BCUT2D eigenvalue weighted by Crippen LogP contribution is 2.14. The van der Waals surface area contributed by atoms with Crippen molar-refractivity contribution in [1.29, 1.82) is 0 Å². The van der Waals surface area contributed by atoms with Crippen LogP contribution in [0.15, 0.2) is 24.3 Å². The summed E-state index contributed by atoms with van der Waals surface area (Å²) in [6, 6.07) is 7.19. The Bertz CT molecular complexity index is 348. The van der Waals surface area contributed by atoms with Gasteiger partial charge in [0.2, 0.25) is 0 Å². The Balaban J connectivity index is 2.12. The molecule has 1 rings (SSSR count). The van der Waals surface area contributed by atoms with Gasteiger partial charge < -0.3 is 10.2 Å². The molecule has 0 aliphatic carbocycles. The summed E-state index contributed by atoms with van der Waals surface area (Å²) in [5.41, 5.74) is 1.20. The first kappa shape index (κ1) is 13.9. The fraction of sp³-hybridized carbons (Fsp3) is 0.462. The van der Waals surface area contributed by atoms with E-state index < -0.39 is 11.2 Å². The van der Waals surface area contributed by atoms with E-state index in [9.17, 15) is 4.79 Å². The lowest BCUT2D eigenvalue weighted by molar-refractivity contribution is -0.136. The van der Waals surface area contributed by atoms with Crippen molar-refractivity contribution in [1.82, 2.24) is 0 Å². The van der Waals surface area contributed by atoms with Crippen LogP contribution < -0.4 is 0 Å². The lowest BCUT2D eigenvalue weighted by atomic mass is 10.1. The average molecular weight is 254 g/mol. The molecule has 0 aliphatic heterocycles. The number of aryl methyl sites for hydroxylation is 1. The lowest BCUT2D eigenvalue weighted by Crippen LogP contribution is -2.12. The zero-order valence-electron chi connectivity index (χ0n) is 9.67. The van der Waals surface area contributed by atoms with Gasteiger partial charge in [0.1, 0.15) is 5.75 Å². The third kappa shape index (κ3) is 5.63. The molecule has 0 radical (unpaired) electrons. The van der Waals surface area contributed by atoms with E-state index in [0.717, 1.165) is 25.7 Å². The number of phenolic OH excluding ortho intramolecular Hbond substituents is 1. The number of carbonyl (C=O) groups is 1. The van der Waals surface area contributed by atoms with Gasteiger partial charge in [-0.3, -0.25) is 4.79 Å². The number of aliphatic carboxylic acids is 1. The monoisotopic (exact) mass is 254 g/mol. The van der Waals surface area contributed by atoms with E-state index in [0.29, 0.717) is 6.42 Å². The van der Waals surface area contributed by atoms with E-state index in [2.05, 4.69) is 12.6 Å². The SMILES string of the molecule is O=C(O)C(S)CCCCCc1ccc(O)cc1. The first-order valence-corrected chi connectivity index (χ1v) is 6.30. The molecule has 0 fully saturated rings. The van der Waals surface area contributed by atoms with Gasteiger partial charge in [0.05, 0.1) is 5.25 Å². The second kappa shape index (κ2) is 7.22. The van der Waals surface area contributed by atoms with Crippen molar-refractivity contribution in [2.24, 2.45) is 0 Å². The highest BCUT2D eigenvalue weighted by molar-refractivity contribution is 7.81. The highest BCUT2D eigenvalue weighted by Gasteiger charge is 2.10. The molecule has 3 nitrogen and oxygen atoms in total. The molecular weight excluding hydrogens is 236 g/mol. The zero-order chi connectivity index (χ0) is 12.7.